The molecule has 1 aromatic rings. The minimum absolute atomic E-state index is 0.630. The summed E-state index contributed by atoms with van der Waals surface area (Å²) in [7, 11) is 0. The summed E-state index contributed by atoms with van der Waals surface area (Å²) in [6.07, 6.45) is 1.44. The van der Waals surface area contributed by atoms with Gasteiger partial charge in [0.2, 0.25) is 0 Å². The monoisotopic (exact) mass is 189 g/mol. The van der Waals surface area contributed by atoms with Crippen LogP contribution in [0, 0.1) is 6.92 Å². The molecule has 0 spiro atoms. The zero-order chi connectivity index (χ0) is 10.4. The molecule has 0 aromatic heterocycles. The van der Waals surface area contributed by atoms with Crippen molar-refractivity contribution in [3.8, 4) is 0 Å². The van der Waals surface area contributed by atoms with Crippen molar-refractivity contribution in [2.45, 2.75) is 13.8 Å². The molecule has 14 heavy (non-hydrogen) atoms. The molecule has 0 atom stereocenters. The van der Waals surface area contributed by atoms with E-state index >= 15 is 0 Å². The summed E-state index contributed by atoms with van der Waals surface area (Å²) in [5, 5.41) is 0. The van der Waals surface area contributed by atoms with E-state index in [1.165, 1.54) is 12.0 Å². The molecule has 0 aliphatic heterocycles. The van der Waals surface area contributed by atoms with Gasteiger partial charge in [0.1, 0.15) is 0 Å². The summed E-state index contributed by atoms with van der Waals surface area (Å²) in [5.41, 5.74) is 2.96. The van der Waals surface area contributed by atoms with Gasteiger partial charge in [0, 0.05) is 5.56 Å². The lowest BCUT2D eigenvalue weighted by molar-refractivity contribution is 0.344. The molecule has 0 unspecified atom stereocenters. The van der Waals surface area contributed by atoms with Crippen molar-refractivity contribution >= 4 is 12.1 Å². The van der Waals surface area contributed by atoms with Gasteiger partial charge in [-0.25, -0.2) is 4.99 Å². The maximum absolute atomic E-state index is 5.01. The fourth-order valence-electron chi connectivity index (χ4n) is 1.14. The van der Waals surface area contributed by atoms with E-state index in [1.54, 1.807) is 0 Å². The second-order valence-electron chi connectivity index (χ2n) is 2.95. The van der Waals surface area contributed by atoms with Crippen molar-refractivity contribution in [3.63, 3.8) is 0 Å². The standard InChI is InChI=1S/C12H15NO/c1-4-14-9-13-11(3)12-8-6-5-7-10(12)2/h5-9H,3-4H2,1-2H3. The van der Waals surface area contributed by atoms with Gasteiger partial charge in [-0.2, -0.15) is 0 Å². The normalized spacial score (nSPS) is 10.4. The average molecular weight is 189 g/mol. The number of aryl methyl sites for hydroxylation is 1. The Labute approximate surface area is 84.9 Å². The van der Waals surface area contributed by atoms with Gasteiger partial charge in [-0.05, 0) is 19.4 Å². The molecule has 0 aliphatic carbocycles. The molecule has 0 saturated heterocycles. The molecule has 1 aromatic carbocycles. The minimum Gasteiger partial charge on any atom is -0.483 e. The van der Waals surface area contributed by atoms with Gasteiger partial charge in [0.15, 0.2) is 6.40 Å². The second kappa shape index (κ2) is 5.22. The van der Waals surface area contributed by atoms with E-state index in [0.29, 0.717) is 6.61 Å². The molecular weight excluding hydrogens is 174 g/mol. The smallest absolute Gasteiger partial charge is 0.174 e. The van der Waals surface area contributed by atoms with Crippen LogP contribution in [0.4, 0.5) is 0 Å². The Morgan fingerprint density at radius 1 is 1.50 bits per heavy atom. The van der Waals surface area contributed by atoms with Crippen molar-refractivity contribution in [2.24, 2.45) is 4.99 Å². The zero-order valence-corrected chi connectivity index (χ0v) is 8.66. The zero-order valence-electron chi connectivity index (χ0n) is 8.66. The fraction of sp³-hybridized carbons (Fsp3) is 0.250. The van der Waals surface area contributed by atoms with E-state index in [-0.39, 0.29) is 0 Å². The van der Waals surface area contributed by atoms with E-state index in [4.69, 9.17) is 4.74 Å². The third-order valence-corrected chi connectivity index (χ3v) is 1.91. The Kier molecular flexibility index (Phi) is 3.92. The molecule has 0 N–H and O–H groups in total. The van der Waals surface area contributed by atoms with Gasteiger partial charge in [-0.15, -0.1) is 0 Å². The first-order valence-corrected chi connectivity index (χ1v) is 4.64. The third-order valence-electron chi connectivity index (χ3n) is 1.91. The van der Waals surface area contributed by atoms with E-state index in [0.717, 1.165) is 11.3 Å². The lowest BCUT2D eigenvalue weighted by atomic mass is 10.1. The average Bonchev–Trinajstić information content (AvgIpc) is 2.18. The van der Waals surface area contributed by atoms with Gasteiger partial charge in [0.25, 0.3) is 0 Å². The van der Waals surface area contributed by atoms with Crippen LogP contribution in [0.5, 0.6) is 0 Å². The number of hydrogen-bond donors (Lipinski definition) is 0. The molecule has 0 heterocycles. The van der Waals surface area contributed by atoms with Gasteiger partial charge in [-0.3, -0.25) is 0 Å². The van der Waals surface area contributed by atoms with Crippen molar-refractivity contribution in [3.05, 3.63) is 42.0 Å². The van der Waals surface area contributed by atoms with E-state index in [1.807, 2.05) is 38.1 Å². The summed E-state index contributed by atoms with van der Waals surface area (Å²) in [6.45, 7) is 8.47. The lowest BCUT2D eigenvalue weighted by Crippen LogP contribution is -1.88. The highest BCUT2D eigenvalue weighted by molar-refractivity contribution is 5.71. The first-order chi connectivity index (χ1) is 6.75. The van der Waals surface area contributed by atoms with Crippen LogP contribution < -0.4 is 0 Å². The first kappa shape index (κ1) is 10.5. The minimum atomic E-state index is 0.630. The molecule has 2 nitrogen and oxygen atoms in total. The van der Waals surface area contributed by atoms with Crippen LogP contribution in [0.3, 0.4) is 0 Å². The maximum Gasteiger partial charge on any atom is 0.174 e. The third kappa shape index (κ3) is 2.73. The van der Waals surface area contributed by atoms with Crippen molar-refractivity contribution in [2.75, 3.05) is 6.61 Å². The quantitative estimate of drug-likeness (QED) is 0.527. The summed E-state index contributed by atoms with van der Waals surface area (Å²) < 4.78 is 5.01. The molecule has 0 saturated carbocycles. The molecule has 1 rings (SSSR count). The first-order valence-electron chi connectivity index (χ1n) is 4.64. The summed E-state index contributed by atoms with van der Waals surface area (Å²) in [5.74, 6) is 0. The molecule has 2 heteroatoms. The number of nitrogens with zero attached hydrogens (tertiary/aromatic N) is 1. The van der Waals surface area contributed by atoms with Crippen molar-refractivity contribution < 1.29 is 4.74 Å². The molecular formula is C12H15NO. The van der Waals surface area contributed by atoms with Crippen molar-refractivity contribution in [1.82, 2.24) is 0 Å². The van der Waals surface area contributed by atoms with Gasteiger partial charge in [0.05, 0.1) is 12.3 Å². The lowest BCUT2D eigenvalue weighted by Gasteiger charge is -2.03. The van der Waals surface area contributed by atoms with Crippen LogP contribution in [-0.2, 0) is 4.74 Å². The number of ether oxygens (including phenoxy) is 1. The predicted molar refractivity (Wildman–Crippen MR) is 60.3 cm³/mol. The van der Waals surface area contributed by atoms with Gasteiger partial charge >= 0.3 is 0 Å². The molecule has 0 amide bonds. The Balaban J connectivity index is 2.75. The van der Waals surface area contributed by atoms with Crippen LogP contribution in [0.15, 0.2) is 35.8 Å². The van der Waals surface area contributed by atoms with Crippen LogP contribution >= 0.6 is 0 Å². The number of aliphatic imine (C=N–C) groups is 1. The topological polar surface area (TPSA) is 21.6 Å². The maximum atomic E-state index is 5.01. The Morgan fingerprint density at radius 2 is 2.21 bits per heavy atom. The Morgan fingerprint density at radius 3 is 2.86 bits per heavy atom. The molecule has 74 valence electrons. The summed E-state index contributed by atoms with van der Waals surface area (Å²) in [6, 6.07) is 8.01. The Bertz CT molecular complexity index is 342. The van der Waals surface area contributed by atoms with Crippen LogP contribution in [0.25, 0.3) is 5.70 Å². The van der Waals surface area contributed by atoms with Gasteiger partial charge < -0.3 is 4.74 Å². The molecule has 0 aliphatic rings. The highest BCUT2D eigenvalue weighted by Gasteiger charge is 1.98. The second-order valence-corrected chi connectivity index (χ2v) is 2.95. The number of rotatable bonds is 4. The summed E-state index contributed by atoms with van der Waals surface area (Å²) in [4.78, 5) is 4.10. The van der Waals surface area contributed by atoms with Crippen LogP contribution in [-0.4, -0.2) is 13.0 Å². The summed E-state index contributed by atoms with van der Waals surface area (Å²) >= 11 is 0. The number of benzene rings is 1. The van der Waals surface area contributed by atoms with E-state index in [9.17, 15) is 0 Å². The molecule has 0 radical (unpaired) electrons. The van der Waals surface area contributed by atoms with Crippen molar-refractivity contribution in [1.29, 1.82) is 0 Å². The molecule has 0 fully saturated rings. The molecule has 0 bridgehead atoms. The van der Waals surface area contributed by atoms with Crippen LogP contribution in [0.2, 0.25) is 0 Å². The fourth-order valence-corrected chi connectivity index (χ4v) is 1.14. The Hall–Kier alpha value is -1.57. The van der Waals surface area contributed by atoms with E-state index in [2.05, 4.69) is 11.6 Å². The largest absolute Gasteiger partial charge is 0.483 e. The highest BCUT2D eigenvalue weighted by atomic mass is 16.5. The van der Waals surface area contributed by atoms with E-state index < -0.39 is 0 Å². The van der Waals surface area contributed by atoms with Gasteiger partial charge in [-0.1, -0.05) is 30.8 Å². The number of hydrogen-bond acceptors (Lipinski definition) is 2. The predicted octanol–water partition coefficient (Wildman–Crippen LogP) is 3.03. The van der Waals surface area contributed by atoms with Crippen LogP contribution in [0.1, 0.15) is 18.1 Å². The highest BCUT2D eigenvalue weighted by Crippen LogP contribution is 2.17. The SMILES string of the molecule is C=C(N=COCC)c1ccccc1C.